The van der Waals surface area contributed by atoms with E-state index in [1.807, 2.05) is 18.5 Å². The molecule has 1 saturated carbocycles. The highest BCUT2D eigenvalue weighted by Gasteiger charge is 2.55. The summed E-state index contributed by atoms with van der Waals surface area (Å²) in [6, 6.07) is 13.3. The first-order chi connectivity index (χ1) is 9.84. The number of nitrogens with two attached hydrogens (primary N) is 1. The standard InChI is InChI=1S/C18H20N2/c19-16(10-12-4-3-9-20-11-12)18-15-8-7-13-5-1-2-6-14(13)17(15)18/h1-6,9,11,15-18H,7-8,10,19H2. The molecule has 1 aromatic heterocycles. The predicted molar refractivity (Wildman–Crippen MR) is 80.4 cm³/mol. The van der Waals surface area contributed by atoms with Gasteiger partial charge in [0.1, 0.15) is 0 Å². The van der Waals surface area contributed by atoms with Crippen molar-refractivity contribution in [2.75, 3.05) is 0 Å². The number of pyridine rings is 1. The minimum absolute atomic E-state index is 0.264. The molecule has 1 aromatic carbocycles. The summed E-state index contributed by atoms with van der Waals surface area (Å²) in [6.45, 7) is 0. The molecule has 2 aromatic rings. The molecule has 2 heteroatoms. The maximum absolute atomic E-state index is 6.50. The molecule has 0 saturated heterocycles. The topological polar surface area (TPSA) is 38.9 Å². The zero-order valence-electron chi connectivity index (χ0n) is 11.6. The van der Waals surface area contributed by atoms with E-state index in [0.29, 0.717) is 11.8 Å². The average molecular weight is 264 g/mol. The van der Waals surface area contributed by atoms with Crippen LogP contribution in [0, 0.1) is 11.8 Å². The molecule has 0 bridgehead atoms. The predicted octanol–water partition coefficient (Wildman–Crippen LogP) is 2.93. The molecule has 1 heterocycles. The summed E-state index contributed by atoms with van der Waals surface area (Å²) in [5.74, 6) is 2.20. The number of fused-ring (bicyclic) bond motifs is 3. The first kappa shape index (κ1) is 12.1. The number of rotatable bonds is 3. The van der Waals surface area contributed by atoms with E-state index in [2.05, 4.69) is 35.3 Å². The molecule has 4 rings (SSSR count). The van der Waals surface area contributed by atoms with Gasteiger partial charge < -0.3 is 5.73 Å². The molecule has 2 aliphatic carbocycles. The lowest BCUT2D eigenvalue weighted by atomic mass is 9.92. The van der Waals surface area contributed by atoms with Crippen molar-refractivity contribution in [3.63, 3.8) is 0 Å². The van der Waals surface area contributed by atoms with E-state index in [1.165, 1.54) is 18.4 Å². The van der Waals surface area contributed by atoms with Gasteiger partial charge in [0.25, 0.3) is 0 Å². The monoisotopic (exact) mass is 264 g/mol. The normalized spacial score (nSPS) is 28.4. The third-order valence-electron chi connectivity index (χ3n) is 5.08. The van der Waals surface area contributed by atoms with E-state index in [4.69, 9.17) is 5.73 Å². The molecule has 4 unspecified atom stereocenters. The fourth-order valence-electron chi connectivity index (χ4n) is 4.13. The number of aryl methyl sites for hydroxylation is 1. The van der Waals surface area contributed by atoms with Gasteiger partial charge in [-0.15, -0.1) is 0 Å². The minimum Gasteiger partial charge on any atom is -0.327 e. The lowest BCUT2D eigenvalue weighted by Crippen LogP contribution is -2.26. The first-order valence-electron chi connectivity index (χ1n) is 7.57. The zero-order chi connectivity index (χ0) is 13.5. The van der Waals surface area contributed by atoms with Crippen molar-refractivity contribution < 1.29 is 0 Å². The summed E-state index contributed by atoms with van der Waals surface area (Å²) in [4.78, 5) is 4.19. The van der Waals surface area contributed by atoms with Crippen LogP contribution in [0.2, 0.25) is 0 Å². The minimum atomic E-state index is 0.264. The highest BCUT2D eigenvalue weighted by molar-refractivity contribution is 5.40. The number of nitrogens with zero attached hydrogens (tertiary/aromatic N) is 1. The van der Waals surface area contributed by atoms with Crippen molar-refractivity contribution >= 4 is 0 Å². The van der Waals surface area contributed by atoms with Crippen LogP contribution in [0.5, 0.6) is 0 Å². The van der Waals surface area contributed by atoms with Gasteiger partial charge in [-0.1, -0.05) is 30.3 Å². The van der Waals surface area contributed by atoms with E-state index in [1.54, 1.807) is 11.1 Å². The van der Waals surface area contributed by atoms with Crippen molar-refractivity contribution in [1.29, 1.82) is 0 Å². The average Bonchev–Trinajstić information content (AvgIpc) is 3.23. The maximum Gasteiger partial charge on any atom is 0.0300 e. The molecule has 2 N–H and O–H groups in total. The van der Waals surface area contributed by atoms with Gasteiger partial charge >= 0.3 is 0 Å². The second-order valence-corrected chi connectivity index (χ2v) is 6.23. The van der Waals surface area contributed by atoms with Crippen LogP contribution in [0.4, 0.5) is 0 Å². The summed E-state index contributed by atoms with van der Waals surface area (Å²) in [5.41, 5.74) is 10.9. The molecule has 20 heavy (non-hydrogen) atoms. The Morgan fingerprint density at radius 2 is 2.10 bits per heavy atom. The first-order valence-corrected chi connectivity index (χ1v) is 7.57. The van der Waals surface area contributed by atoms with E-state index in [0.717, 1.165) is 12.3 Å². The highest BCUT2D eigenvalue weighted by Crippen LogP contribution is 2.61. The quantitative estimate of drug-likeness (QED) is 0.925. The van der Waals surface area contributed by atoms with Crippen LogP contribution < -0.4 is 5.73 Å². The molecule has 102 valence electrons. The third kappa shape index (κ3) is 1.95. The Labute approximate surface area is 120 Å². The van der Waals surface area contributed by atoms with E-state index in [-0.39, 0.29) is 6.04 Å². The molecule has 0 radical (unpaired) electrons. The van der Waals surface area contributed by atoms with Crippen LogP contribution in [-0.2, 0) is 12.8 Å². The van der Waals surface area contributed by atoms with Crippen molar-refractivity contribution in [3.05, 3.63) is 65.5 Å². The van der Waals surface area contributed by atoms with Gasteiger partial charge in [0.05, 0.1) is 0 Å². The van der Waals surface area contributed by atoms with Crippen LogP contribution in [-0.4, -0.2) is 11.0 Å². The van der Waals surface area contributed by atoms with E-state index < -0.39 is 0 Å². The summed E-state index contributed by atoms with van der Waals surface area (Å²) in [7, 11) is 0. The SMILES string of the molecule is NC(Cc1cccnc1)C1C2CCc3ccccc3C21. The Morgan fingerprint density at radius 3 is 2.95 bits per heavy atom. The lowest BCUT2D eigenvalue weighted by Gasteiger charge is -2.13. The van der Waals surface area contributed by atoms with E-state index in [9.17, 15) is 0 Å². The summed E-state index contributed by atoms with van der Waals surface area (Å²) in [6.07, 6.45) is 7.26. The molecule has 1 fully saturated rings. The van der Waals surface area contributed by atoms with E-state index >= 15 is 0 Å². The molecule has 0 spiro atoms. The van der Waals surface area contributed by atoms with Crippen LogP contribution in [0.1, 0.15) is 29.0 Å². The number of aromatic nitrogens is 1. The smallest absolute Gasteiger partial charge is 0.0300 e. The number of benzene rings is 1. The van der Waals surface area contributed by atoms with Crippen LogP contribution in [0.3, 0.4) is 0 Å². The summed E-state index contributed by atoms with van der Waals surface area (Å²) in [5, 5.41) is 0. The molecule has 0 aliphatic heterocycles. The molecule has 2 nitrogen and oxygen atoms in total. The Bertz CT molecular complexity index is 608. The zero-order valence-corrected chi connectivity index (χ0v) is 11.6. The highest BCUT2D eigenvalue weighted by atomic mass is 14.7. The molecule has 2 aliphatic rings. The third-order valence-corrected chi connectivity index (χ3v) is 5.08. The van der Waals surface area contributed by atoms with Gasteiger partial charge in [-0.25, -0.2) is 0 Å². The summed E-state index contributed by atoms with van der Waals surface area (Å²) >= 11 is 0. The lowest BCUT2D eigenvalue weighted by molar-refractivity contribution is 0.531. The largest absolute Gasteiger partial charge is 0.327 e. The number of hydrogen-bond acceptors (Lipinski definition) is 2. The van der Waals surface area contributed by atoms with Gasteiger partial charge in [0.15, 0.2) is 0 Å². The van der Waals surface area contributed by atoms with Crippen molar-refractivity contribution in [2.24, 2.45) is 17.6 Å². The van der Waals surface area contributed by atoms with Crippen LogP contribution in [0.25, 0.3) is 0 Å². The Kier molecular flexibility index (Phi) is 2.85. The van der Waals surface area contributed by atoms with Gasteiger partial charge in [0, 0.05) is 18.4 Å². The molecule has 4 atom stereocenters. The molecule has 0 amide bonds. The Balaban J connectivity index is 1.52. The fourth-order valence-corrected chi connectivity index (χ4v) is 4.13. The van der Waals surface area contributed by atoms with Gasteiger partial charge in [0.2, 0.25) is 0 Å². The number of hydrogen-bond donors (Lipinski definition) is 1. The fraction of sp³-hybridized carbons (Fsp3) is 0.389. The van der Waals surface area contributed by atoms with Crippen molar-refractivity contribution in [3.8, 4) is 0 Å². The molecular formula is C18H20N2. The Morgan fingerprint density at radius 1 is 1.20 bits per heavy atom. The molecular weight excluding hydrogens is 244 g/mol. The van der Waals surface area contributed by atoms with Gasteiger partial charge in [-0.2, -0.15) is 0 Å². The van der Waals surface area contributed by atoms with Crippen molar-refractivity contribution in [1.82, 2.24) is 4.98 Å². The second kappa shape index (κ2) is 4.71. The van der Waals surface area contributed by atoms with Gasteiger partial charge in [-0.05, 0) is 59.8 Å². The van der Waals surface area contributed by atoms with Crippen LogP contribution >= 0.6 is 0 Å². The summed E-state index contributed by atoms with van der Waals surface area (Å²) < 4.78 is 0. The maximum atomic E-state index is 6.50. The van der Waals surface area contributed by atoms with Crippen LogP contribution in [0.15, 0.2) is 48.8 Å². The Hall–Kier alpha value is -1.67. The van der Waals surface area contributed by atoms with Crippen molar-refractivity contribution in [2.45, 2.75) is 31.2 Å². The van der Waals surface area contributed by atoms with Gasteiger partial charge in [-0.3, -0.25) is 4.98 Å². The second-order valence-electron chi connectivity index (χ2n) is 6.23.